The molecule has 3 aliphatic heterocycles. The van der Waals surface area contributed by atoms with Crippen molar-refractivity contribution in [2.45, 2.75) is 84.5 Å². The number of para-hydroxylation sites is 1. The van der Waals surface area contributed by atoms with Crippen molar-refractivity contribution in [1.82, 2.24) is 14.7 Å². The Kier molecular flexibility index (Phi) is 6.81. The van der Waals surface area contributed by atoms with E-state index in [1.807, 2.05) is 48.6 Å². The van der Waals surface area contributed by atoms with Crippen LogP contribution in [0.5, 0.6) is 5.75 Å². The van der Waals surface area contributed by atoms with Crippen molar-refractivity contribution in [3.63, 3.8) is 0 Å². The molecule has 1 aromatic heterocycles. The van der Waals surface area contributed by atoms with Gasteiger partial charge in [0, 0.05) is 48.6 Å². The van der Waals surface area contributed by atoms with Crippen molar-refractivity contribution in [3.05, 3.63) is 46.8 Å². The Balaban J connectivity index is 1.41. The van der Waals surface area contributed by atoms with Crippen LogP contribution in [-0.4, -0.2) is 57.0 Å². The molecule has 0 unspecified atom stereocenters. The third-order valence-corrected chi connectivity index (χ3v) is 8.76. The number of aromatic nitrogens is 2. The highest BCUT2D eigenvalue weighted by molar-refractivity contribution is 5.96. The molecule has 200 valence electrons. The highest BCUT2D eigenvalue weighted by atomic mass is 16.5. The number of amides is 1. The van der Waals surface area contributed by atoms with Crippen LogP contribution < -0.4 is 4.74 Å². The molecule has 2 aromatic rings. The first-order valence-corrected chi connectivity index (χ1v) is 13.6. The third-order valence-electron chi connectivity index (χ3n) is 8.76. The fraction of sp³-hybridized carbons (Fsp3) is 0.621. The summed E-state index contributed by atoms with van der Waals surface area (Å²) >= 11 is 0. The zero-order chi connectivity index (χ0) is 26.4. The molecule has 0 bridgehead atoms. The van der Waals surface area contributed by atoms with Crippen molar-refractivity contribution in [3.8, 4) is 5.75 Å². The number of piperidine rings is 1. The molecule has 37 heavy (non-hydrogen) atoms. The molecule has 5 rings (SSSR count). The maximum absolute atomic E-state index is 13.8. The Labute approximate surface area is 218 Å². The molecular weight excluding hydrogens is 470 g/mol. The molecule has 8 nitrogen and oxygen atoms in total. The molecule has 4 atom stereocenters. The average molecular weight is 510 g/mol. The Morgan fingerprint density at radius 3 is 2.78 bits per heavy atom. The van der Waals surface area contributed by atoms with Crippen LogP contribution >= 0.6 is 0 Å². The SMILES string of the molecule is CCCn1nc(C)c(C(=O)N2CCC[C@]3(CO[C@H]4c5ccccc5O[C@](C)(CCC(=O)O)[C@@H]4C3)C2)c1C. The Morgan fingerprint density at radius 2 is 2.03 bits per heavy atom. The van der Waals surface area contributed by atoms with Gasteiger partial charge in [-0.2, -0.15) is 5.10 Å². The van der Waals surface area contributed by atoms with Crippen LogP contribution in [0.25, 0.3) is 0 Å². The lowest BCUT2D eigenvalue weighted by atomic mass is 9.64. The largest absolute Gasteiger partial charge is 0.487 e. The molecule has 1 N–H and O–H groups in total. The molecule has 4 heterocycles. The number of hydrogen-bond donors (Lipinski definition) is 1. The molecule has 0 aliphatic carbocycles. The maximum Gasteiger partial charge on any atom is 0.303 e. The molecule has 3 aliphatic rings. The molecule has 0 radical (unpaired) electrons. The number of carboxylic acids is 1. The first-order chi connectivity index (χ1) is 17.7. The standard InChI is InChI=1S/C29H39N3O5/c1-5-14-32-20(3)25(19(2)30-32)27(35)31-15-8-12-29(17-31)16-22-26(36-18-29)21-9-6-7-10-23(21)37-28(22,4)13-11-24(33)34/h6-7,9-10,22,26H,5,8,11-18H2,1-4H3,(H,33,34)/t22-,26+,28-,29-/m1/s1. The predicted molar refractivity (Wildman–Crippen MR) is 139 cm³/mol. The molecule has 8 heteroatoms. The van der Waals surface area contributed by atoms with E-state index in [9.17, 15) is 14.7 Å². The van der Waals surface area contributed by atoms with E-state index in [-0.39, 0.29) is 29.8 Å². The summed E-state index contributed by atoms with van der Waals surface area (Å²) in [6.07, 6.45) is 4.00. The van der Waals surface area contributed by atoms with Gasteiger partial charge in [-0.15, -0.1) is 0 Å². The molecule has 1 aromatic carbocycles. The number of hydrogen-bond acceptors (Lipinski definition) is 5. The van der Waals surface area contributed by atoms with Crippen LogP contribution in [0.4, 0.5) is 0 Å². The zero-order valence-corrected chi connectivity index (χ0v) is 22.5. The number of carboxylic acid groups (broad SMARTS) is 1. The van der Waals surface area contributed by atoms with E-state index in [0.29, 0.717) is 19.6 Å². The molecule has 2 fully saturated rings. The number of carbonyl (C=O) groups excluding carboxylic acids is 1. The van der Waals surface area contributed by atoms with Crippen molar-refractivity contribution < 1.29 is 24.2 Å². The topological polar surface area (TPSA) is 93.9 Å². The Morgan fingerprint density at radius 1 is 1.24 bits per heavy atom. The van der Waals surface area contributed by atoms with Gasteiger partial charge >= 0.3 is 5.97 Å². The second-order valence-corrected chi connectivity index (χ2v) is 11.5. The first-order valence-electron chi connectivity index (χ1n) is 13.6. The zero-order valence-electron chi connectivity index (χ0n) is 22.5. The van der Waals surface area contributed by atoms with Gasteiger partial charge in [0.15, 0.2) is 0 Å². The third kappa shape index (κ3) is 4.65. The van der Waals surface area contributed by atoms with Gasteiger partial charge in [-0.3, -0.25) is 14.3 Å². The lowest BCUT2D eigenvalue weighted by Gasteiger charge is -2.55. The number of aliphatic carboxylic acids is 1. The number of nitrogens with zero attached hydrogens (tertiary/aromatic N) is 3. The van der Waals surface area contributed by atoms with Gasteiger partial charge < -0.3 is 19.5 Å². The summed E-state index contributed by atoms with van der Waals surface area (Å²) in [6, 6.07) is 7.94. The quantitative estimate of drug-likeness (QED) is 0.594. The fourth-order valence-electron chi connectivity index (χ4n) is 6.84. The summed E-state index contributed by atoms with van der Waals surface area (Å²) in [6.45, 7) is 10.8. The van der Waals surface area contributed by atoms with E-state index in [1.54, 1.807) is 0 Å². The number of carbonyl (C=O) groups is 2. The summed E-state index contributed by atoms with van der Waals surface area (Å²) < 4.78 is 15.1. The van der Waals surface area contributed by atoms with Crippen molar-refractivity contribution in [2.24, 2.45) is 11.3 Å². The summed E-state index contributed by atoms with van der Waals surface area (Å²) in [7, 11) is 0. The summed E-state index contributed by atoms with van der Waals surface area (Å²) in [4.78, 5) is 27.3. The van der Waals surface area contributed by atoms with E-state index in [1.165, 1.54) is 0 Å². The van der Waals surface area contributed by atoms with Crippen molar-refractivity contribution in [2.75, 3.05) is 19.7 Å². The van der Waals surface area contributed by atoms with Gasteiger partial charge in [0.1, 0.15) is 11.4 Å². The van der Waals surface area contributed by atoms with Gasteiger partial charge in [-0.25, -0.2) is 0 Å². The number of aryl methyl sites for hydroxylation is 2. The number of likely N-dealkylation sites (tertiary alicyclic amines) is 1. The Bertz CT molecular complexity index is 1190. The Hall–Kier alpha value is -2.87. The van der Waals surface area contributed by atoms with E-state index in [4.69, 9.17) is 9.47 Å². The first kappa shape index (κ1) is 25.8. The van der Waals surface area contributed by atoms with Gasteiger partial charge in [0.25, 0.3) is 5.91 Å². The summed E-state index contributed by atoms with van der Waals surface area (Å²) in [5.41, 5.74) is 2.63. The van der Waals surface area contributed by atoms with Gasteiger partial charge in [-0.05, 0) is 58.9 Å². The average Bonchev–Trinajstić information content (AvgIpc) is 3.15. The number of ether oxygens (including phenoxy) is 2. The van der Waals surface area contributed by atoms with Gasteiger partial charge in [0.2, 0.25) is 0 Å². The highest BCUT2D eigenvalue weighted by Gasteiger charge is 2.55. The highest BCUT2D eigenvalue weighted by Crippen LogP contribution is 2.56. The smallest absolute Gasteiger partial charge is 0.303 e. The molecule has 0 saturated carbocycles. The maximum atomic E-state index is 13.8. The monoisotopic (exact) mass is 509 g/mol. The van der Waals surface area contributed by atoms with E-state index in [0.717, 1.165) is 67.0 Å². The second-order valence-electron chi connectivity index (χ2n) is 11.5. The van der Waals surface area contributed by atoms with Crippen molar-refractivity contribution in [1.29, 1.82) is 0 Å². The van der Waals surface area contributed by atoms with E-state index in [2.05, 4.69) is 18.1 Å². The van der Waals surface area contributed by atoms with Crippen LogP contribution in [0.2, 0.25) is 0 Å². The molecular formula is C29H39N3O5. The molecule has 1 amide bonds. The minimum atomic E-state index is -0.824. The van der Waals surface area contributed by atoms with Crippen LogP contribution in [0.3, 0.4) is 0 Å². The summed E-state index contributed by atoms with van der Waals surface area (Å²) in [5, 5.41) is 14.1. The van der Waals surface area contributed by atoms with Crippen LogP contribution in [-0.2, 0) is 16.1 Å². The van der Waals surface area contributed by atoms with E-state index < -0.39 is 11.6 Å². The van der Waals surface area contributed by atoms with E-state index >= 15 is 0 Å². The van der Waals surface area contributed by atoms with Gasteiger partial charge in [-0.1, -0.05) is 25.1 Å². The molecule has 2 saturated heterocycles. The normalized spacial score (nSPS) is 28.9. The van der Waals surface area contributed by atoms with Crippen molar-refractivity contribution >= 4 is 11.9 Å². The minimum absolute atomic E-state index is 0.00123. The lowest BCUT2D eigenvalue weighted by Crippen LogP contribution is -2.57. The van der Waals surface area contributed by atoms with Gasteiger partial charge in [0.05, 0.1) is 24.0 Å². The summed E-state index contributed by atoms with van der Waals surface area (Å²) in [5.74, 6) is 0.0114. The number of rotatable bonds is 6. The second kappa shape index (κ2) is 9.78. The van der Waals surface area contributed by atoms with Crippen LogP contribution in [0, 0.1) is 25.2 Å². The van der Waals surface area contributed by atoms with Crippen LogP contribution in [0.15, 0.2) is 24.3 Å². The van der Waals surface area contributed by atoms with Crippen LogP contribution in [0.1, 0.15) is 85.8 Å². The number of fused-ring (bicyclic) bond motifs is 3. The lowest BCUT2D eigenvalue weighted by molar-refractivity contribution is -0.181. The number of benzene rings is 1. The predicted octanol–water partition coefficient (Wildman–Crippen LogP) is 4.93. The minimum Gasteiger partial charge on any atom is -0.487 e. The fourth-order valence-corrected chi connectivity index (χ4v) is 6.84. The molecule has 1 spiro atoms.